The van der Waals surface area contributed by atoms with Crippen LogP contribution in [0.2, 0.25) is 0 Å². The summed E-state index contributed by atoms with van der Waals surface area (Å²) in [4.78, 5) is 11.1. The molecule has 2 rings (SSSR count). The number of hydrogen-bond acceptors (Lipinski definition) is 4. The second kappa shape index (κ2) is 5.26. The molecule has 104 valence electrons. The van der Waals surface area contributed by atoms with E-state index in [1.165, 1.54) is 18.2 Å². The van der Waals surface area contributed by atoms with E-state index in [0.29, 0.717) is 18.7 Å². The first-order chi connectivity index (χ1) is 8.88. The predicted octanol–water partition coefficient (Wildman–Crippen LogP) is 0.380. The zero-order valence-corrected chi connectivity index (χ0v) is 11.3. The van der Waals surface area contributed by atoms with E-state index < -0.39 is 15.7 Å². The van der Waals surface area contributed by atoms with E-state index in [2.05, 4.69) is 10.6 Å². The molecule has 7 heteroatoms. The quantitative estimate of drug-likeness (QED) is 0.824. The molecule has 1 fully saturated rings. The smallest absolute Gasteiger partial charge is 0.221 e. The molecule has 0 aliphatic carbocycles. The van der Waals surface area contributed by atoms with Crippen molar-refractivity contribution in [1.82, 2.24) is 10.6 Å². The van der Waals surface area contributed by atoms with Gasteiger partial charge in [0.1, 0.15) is 10.7 Å². The van der Waals surface area contributed by atoms with Crippen LogP contribution >= 0.6 is 0 Å². The average molecular weight is 286 g/mol. The molecule has 0 spiro atoms. The Morgan fingerprint density at radius 3 is 2.68 bits per heavy atom. The van der Waals surface area contributed by atoms with Gasteiger partial charge in [0.15, 0.2) is 9.84 Å². The molecule has 2 N–H and O–H groups in total. The Morgan fingerprint density at radius 1 is 1.32 bits per heavy atom. The van der Waals surface area contributed by atoms with Gasteiger partial charge in [0, 0.05) is 31.8 Å². The van der Waals surface area contributed by atoms with E-state index in [4.69, 9.17) is 0 Å². The van der Waals surface area contributed by atoms with Crippen LogP contribution in [0.1, 0.15) is 18.0 Å². The first-order valence-corrected chi connectivity index (χ1v) is 7.76. The number of sulfone groups is 1. The maximum Gasteiger partial charge on any atom is 0.221 e. The first kappa shape index (κ1) is 14.0. The maximum absolute atomic E-state index is 13.8. The molecule has 1 aromatic rings. The highest BCUT2D eigenvalue weighted by atomic mass is 32.2. The van der Waals surface area contributed by atoms with Crippen molar-refractivity contribution < 1.29 is 17.6 Å². The Morgan fingerprint density at radius 2 is 2.05 bits per heavy atom. The molecule has 0 saturated carbocycles. The Kier molecular flexibility index (Phi) is 3.86. The van der Waals surface area contributed by atoms with Crippen molar-refractivity contribution in [2.45, 2.75) is 17.4 Å². The van der Waals surface area contributed by atoms with Crippen molar-refractivity contribution in [1.29, 1.82) is 0 Å². The molecule has 1 amide bonds. The summed E-state index contributed by atoms with van der Waals surface area (Å²) in [5.41, 5.74) is 0.571. The van der Waals surface area contributed by atoms with Crippen LogP contribution < -0.4 is 10.6 Å². The lowest BCUT2D eigenvalue weighted by Crippen LogP contribution is -2.24. The third-order valence-electron chi connectivity index (χ3n) is 2.99. The molecule has 1 unspecified atom stereocenters. The van der Waals surface area contributed by atoms with Crippen LogP contribution in [0.15, 0.2) is 23.1 Å². The van der Waals surface area contributed by atoms with E-state index in [1.54, 1.807) is 0 Å². The van der Waals surface area contributed by atoms with Gasteiger partial charge in [0.05, 0.1) is 0 Å². The third-order valence-corrected chi connectivity index (χ3v) is 4.12. The van der Waals surface area contributed by atoms with Crippen molar-refractivity contribution in [3.8, 4) is 0 Å². The summed E-state index contributed by atoms with van der Waals surface area (Å²) in [5, 5.41) is 5.82. The van der Waals surface area contributed by atoms with Crippen LogP contribution in [0.25, 0.3) is 0 Å². The normalized spacial score (nSPS) is 20.7. The summed E-state index contributed by atoms with van der Waals surface area (Å²) in [6, 6.07) is 3.65. The van der Waals surface area contributed by atoms with Gasteiger partial charge in [0.2, 0.25) is 5.91 Å². The van der Waals surface area contributed by atoms with Gasteiger partial charge >= 0.3 is 0 Å². The lowest BCUT2D eigenvalue weighted by atomic mass is 10.0. The van der Waals surface area contributed by atoms with E-state index in [9.17, 15) is 17.6 Å². The summed E-state index contributed by atoms with van der Waals surface area (Å²) in [6.07, 6.45) is 1.17. The molecule has 0 radical (unpaired) electrons. The maximum atomic E-state index is 13.8. The monoisotopic (exact) mass is 286 g/mol. The van der Waals surface area contributed by atoms with Crippen LogP contribution in [0.5, 0.6) is 0 Å². The minimum Gasteiger partial charge on any atom is -0.355 e. The lowest BCUT2D eigenvalue weighted by Gasteiger charge is -2.15. The van der Waals surface area contributed by atoms with Crippen LogP contribution in [-0.2, 0) is 14.6 Å². The van der Waals surface area contributed by atoms with Gasteiger partial charge in [0.25, 0.3) is 0 Å². The molecular weight excluding hydrogens is 271 g/mol. The fourth-order valence-electron chi connectivity index (χ4n) is 2.05. The molecule has 1 atom stereocenters. The number of carbonyl (C=O) groups is 1. The number of rotatable bonds is 2. The topological polar surface area (TPSA) is 75.3 Å². The van der Waals surface area contributed by atoms with Crippen LogP contribution in [0.4, 0.5) is 4.39 Å². The second-order valence-electron chi connectivity index (χ2n) is 4.52. The largest absolute Gasteiger partial charge is 0.355 e. The fraction of sp³-hybridized carbons (Fsp3) is 0.417. The minimum absolute atomic E-state index is 0.109. The molecule has 5 nitrogen and oxygen atoms in total. The van der Waals surface area contributed by atoms with Gasteiger partial charge in [-0.3, -0.25) is 4.79 Å². The number of halogens is 1. The second-order valence-corrected chi connectivity index (χ2v) is 6.51. The highest BCUT2D eigenvalue weighted by Crippen LogP contribution is 2.22. The van der Waals surface area contributed by atoms with E-state index in [1.807, 2.05) is 0 Å². The Hall–Kier alpha value is -1.47. The van der Waals surface area contributed by atoms with Crippen molar-refractivity contribution in [3.05, 3.63) is 29.6 Å². The zero-order chi connectivity index (χ0) is 14.0. The molecule has 19 heavy (non-hydrogen) atoms. The third kappa shape index (κ3) is 3.30. The molecule has 1 saturated heterocycles. The molecule has 1 aliphatic heterocycles. The predicted molar refractivity (Wildman–Crippen MR) is 67.9 cm³/mol. The van der Waals surface area contributed by atoms with Gasteiger partial charge < -0.3 is 10.6 Å². The first-order valence-electron chi connectivity index (χ1n) is 5.87. The van der Waals surface area contributed by atoms with Crippen molar-refractivity contribution in [2.75, 3.05) is 19.3 Å². The fourth-order valence-corrected chi connectivity index (χ4v) is 2.78. The number of hydrogen-bond donors (Lipinski definition) is 2. The molecular formula is C12H15FN2O3S. The summed E-state index contributed by atoms with van der Waals surface area (Å²) < 4.78 is 36.4. The van der Waals surface area contributed by atoms with Gasteiger partial charge in [-0.25, -0.2) is 12.8 Å². The summed E-state index contributed by atoms with van der Waals surface area (Å²) in [6.45, 7) is 1.12. The van der Waals surface area contributed by atoms with Crippen molar-refractivity contribution in [3.63, 3.8) is 0 Å². The molecule has 1 aromatic carbocycles. The van der Waals surface area contributed by atoms with Crippen molar-refractivity contribution >= 4 is 15.7 Å². The molecule has 0 bridgehead atoms. The summed E-state index contributed by atoms with van der Waals surface area (Å²) in [7, 11) is -3.57. The van der Waals surface area contributed by atoms with Crippen molar-refractivity contribution in [2.24, 2.45) is 0 Å². The van der Waals surface area contributed by atoms with E-state index in [-0.39, 0.29) is 23.3 Å². The highest BCUT2D eigenvalue weighted by molar-refractivity contribution is 7.90. The van der Waals surface area contributed by atoms with Gasteiger partial charge in [-0.05, 0) is 17.7 Å². The number of benzene rings is 1. The Bertz CT molecular complexity index is 601. The number of nitrogens with one attached hydrogen (secondary N) is 2. The highest BCUT2D eigenvalue weighted by Gasteiger charge is 2.21. The molecule has 1 aliphatic rings. The Labute approximate surface area is 111 Å². The average Bonchev–Trinajstić information content (AvgIpc) is 2.52. The van der Waals surface area contributed by atoms with E-state index in [0.717, 1.165) is 6.26 Å². The van der Waals surface area contributed by atoms with Gasteiger partial charge in [-0.1, -0.05) is 6.07 Å². The van der Waals surface area contributed by atoms with Crippen LogP contribution in [-0.4, -0.2) is 33.7 Å². The van der Waals surface area contributed by atoms with Gasteiger partial charge in [-0.2, -0.15) is 0 Å². The number of carbonyl (C=O) groups excluding carboxylic acids is 1. The standard InChI is InChI=1S/C12H15FN2O3S/c1-19(17,18)11-3-2-8(6-9(11)13)10-7-12(16)15-5-4-14-10/h2-3,6,10,14H,4-5,7H2,1H3,(H,15,16). The minimum atomic E-state index is -3.57. The summed E-state index contributed by atoms with van der Waals surface area (Å²) in [5.74, 6) is -0.894. The SMILES string of the molecule is CS(=O)(=O)c1ccc(C2CC(=O)NCCN2)cc1F. The van der Waals surface area contributed by atoms with Crippen LogP contribution in [0, 0.1) is 5.82 Å². The summed E-state index contributed by atoms with van der Waals surface area (Å²) >= 11 is 0. The number of amides is 1. The lowest BCUT2D eigenvalue weighted by molar-refractivity contribution is -0.121. The Balaban J connectivity index is 2.31. The van der Waals surface area contributed by atoms with Crippen LogP contribution in [0.3, 0.4) is 0 Å². The molecule has 0 aromatic heterocycles. The van der Waals surface area contributed by atoms with E-state index >= 15 is 0 Å². The molecule has 1 heterocycles. The van der Waals surface area contributed by atoms with Gasteiger partial charge in [-0.15, -0.1) is 0 Å². The zero-order valence-electron chi connectivity index (χ0n) is 10.4.